The van der Waals surface area contributed by atoms with Crippen molar-refractivity contribution < 1.29 is 4.79 Å². The summed E-state index contributed by atoms with van der Waals surface area (Å²) in [6.07, 6.45) is 7.08. The lowest BCUT2D eigenvalue weighted by Gasteiger charge is -2.28. The van der Waals surface area contributed by atoms with Crippen molar-refractivity contribution in [1.82, 2.24) is 20.1 Å². The summed E-state index contributed by atoms with van der Waals surface area (Å²) in [5.74, 6) is 1.47. The van der Waals surface area contributed by atoms with Gasteiger partial charge in [0.1, 0.15) is 0 Å². The second kappa shape index (κ2) is 7.33. The molecule has 2 heterocycles. The van der Waals surface area contributed by atoms with Crippen LogP contribution in [0, 0.1) is 0 Å². The Morgan fingerprint density at radius 2 is 1.96 bits per heavy atom. The smallest absolute Gasteiger partial charge is 0.230 e. The van der Waals surface area contributed by atoms with E-state index in [0.717, 1.165) is 30.6 Å². The molecule has 1 aliphatic carbocycles. The fourth-order valence-electron chi connectivity index (χ4n) is 2.96. The number of rotatable bonds is 7. The quantitative estimate of drug-likeness (QED) is 0.765. The summed E-state index contributed by atoms with van der Waals surface area (Å²) in [5, 5.41) is 12.8. The molecule has 1 saturated carbocycles. The Kier molecular flexibility index (Phi) is 5.37. The van der Waals surface area contributed by atoms with Crippen molar-refractivity contribution in [3.63, 3.8) is 0 Å². The highest BCUT2D eigenvalue weighted by molar-refractivity contribution is 7.99. The molecular weight excluding hydrogens is 322 g/mol. The highest BCUT2D eigenvalue weighted by Gasteiger charge is 2.32. The molecule has 0 aromatic carbocycles. The van der Waals surface area contributed by atoms with Crippen LogP contribution >= 0.6 is 11.8 Å². The minimum Gasteiger partial charge on any atom is -0.351 e. The third kappa shape index (κ3) is 4.23. The zero-order valence-corrected chi connectivity index (χ0v) is 15.9. The van der Waals surface area contributed by atoms with E-state index in [2.05, 4.69) is 45.8 Å². The van der Waals surface area contributed by atoms with Gasteiger partial charge in [0, 0.05) is 24.7 Å². The average Bonchev–Trinajstić information content (AvgIpc) is 3.32. The second-order valence-electron chi connectivity index (χ2n) is 7.51. The van der Waals surface area contributed by atoms with Gasteiger partial charge in [-0.25, -0.2) is 0 Å². The summed E-state index contributed by atoms with van der Waals surface area (Å²) in [5.41, 5.74) is -0.152. The Morgan fingerprint density at radius 3 is 2.58 bits per heavy atom. The molecule has 1 N–H and O–H groups in total. The van der Waals surface area contributed by atoms with E-state index >= 15 is 0 Å². The lowest BCUT2D eigenvalue weighted by molar-refractivity contribution is -0.120. The highest BCUT2D eigenvalue weighted by Crippen LogP contribution is 2.41. The van der Waals surface area contributed by atoms with E-state index in [9.17, 15) is 4.79 Å². The largest absolute Gasteiger partial charge is 0.351 e. The predicted octanol–water partition coefficient (Wildman–Crippen LogP) is 3.00. The molecule has 7 heteroatoms. The first kappa shape index (κ1) is 17.6. The molecule has 3 rings (SSSR count). The molecule has 1 saturated heterocycles. The van der Waals surface area contributed by atoms with Gasteiger partial charge in [0.15, 0.2) is 5.16 Å². The number of carbonyl (C=O) groups is 1. The van der Waals surface area contributed by atoms with Gasteiger partial charge in [0.2, 0.25) is 11.9 Å². The summed E-state index contributed by atoms with van der Waals surface area (Å²) in [6, 6.07) is 0.523. The van der Waals surface area contributed by atoms with Gasteiger partial charge in [-0.05, 0) is 52.4 Å². The molecule has 0 spiro atoms. The number of nitrogens with one attached hydrogen (secondary N) is 1. The van der Waals surface area contributed by atoms with Crippen LogP contribution in [0.5, 0.6) is 0 Å². The molecule has 1 aromatic heterocycles. The normalized spacial score (nSPS) is 18.7. The van der Waals surface area contributed by atoms with E-state index < -0.39 is 0 Å². The monoisotopic (exact) mass is 351 g/mol. The van der Waals surface area contributed by atoms with Crippen molar-refractivity contribution in [1.29, 1.82) is 0 Å². The summed E-state index contributed by atoms with van der Waals surface area (Å²) >= 11 is 1.51. The molecule has 1 amide bonds. The number of thioether (sulfide) groups is 1. The van der Waals surface area contributed by atoms with E-state index in [-0.39, 0.29) is 11.4 Å². The van der Waals surface area contributed by atoms with Gasteiger partial charge in [0.25, 0.3) is 0 Å². The molecule has 0 radical (unpaired) electrons. The van der Waals surface area contributed by atoms with Crippen molar-refractivity contribution in [2.45, 2.75) is 76.0 Å². The third-order valence-corrected chi connectivity index (χ3v) is 5.83. The van der Waals surface area contributed by atoms with Gasteiger partial charge >= 0.3 is 0 Å². The first-order valence-corrected chi connectivity index (χ1v) is 10.1. The molecule has 134 valence electrons. The maximum absolute atomic E-state index is 12.2. The number of anilines is 1. The van der Waals surface area contributed by atoms with Gasteiger partial charge in [-0.2, -0.15) is 0 Å². The summed E-state index contributed by atoms with van der Waals surface area (Å²) in [4.78, 5) is 14.6. The maximum atomic E-state index is 12.2. The van der Waals surface area contributed by atoms with Gasteiger partial charge in [-0.3, -0.25) is 9.36 Å². The lowest BCUT2D eigenvalue weighted by atomic mass is 10.0. The van der Waals surface area contributed by atoms with Gasteiger partial charge in [0.05, 0.1) is 5.75 Å². The van der Waals surface area contributed by atoms with Crippen LogP contribution in [-0.2, 0) is 4.79 Å². The fraction of sp³-hybridized carbons (Fsp3) is 0.824. The second-order valence-corrected chi connectivity index (χ2v) is 8.45. The zero-order chi connectivity index (χ0) is 17.2. The van der Waals surface area contributed by atoms with E-state index in [0.29, 0.717) is 11.8 Å². The summed E-state index contributed by atoms with van der Waals surface area (Å²) < 4.78 is 2.27. The van der Waals surface area contributed by atoms with E-state index in [1.54, 1.807) is 0 Å². The Balaban J connectivity index is 1.65. The Morgan fingerprint density at radius 1 is 1.25 bits per heavy atom. The molecule has 0 atom stereocenters. The van der Waals surface area contributed by atoms with Crippen LogP contribution in [-0.4, -0.2) is 45.1 Å². The molecule has 0 unspecified atom stereocenters. The fourth-order valence-corrected chi connectivity index (χ4v) is 3.76. The Labute approximate surface area is 148 Å². The SMILES string of the molecule is CCC(C)(C)NC(=O)CSc1nnc(N2CCCCC2)n1C1CC1. The molecule has 1 aliphatic heterocycles. The highest BCUT2D eigenvalue weighted by atomic mass is 32.2. The Bertz CT molecular complexity index is 576. The van der Waals surface area contributed by atoms with Crippen molar-refractivity contribution in [2.24, 2.45) is 0 Å². The number of nitrogens with zero attached hydrogens (tertiary/aromatic N) is 4. The van der Waals surface area contributed by atoms with Crippen LogP contribution in [0.3, 0.4) is 0 Å². The number of aromatic nitrogens is 3. The minimum absolute atomic E-state index is 0.0664. The molecule has 2 fully saturated rings. The third-order valence-electron chi connectivity index (χ3n) is 4.89. The predicted molar refractivity (Wildman–Crippen MR) is 97.6 cm³/mol. The van der Waals surface area contributed by atoms with Crippen LogP contribution in [0.1, 0.15) is 65.3 Å². The van der Waals surface area contributed by atoms with Crippen LogP contribution in [0.25, 0.3) is 0 Å². The molecule has 24 heavy (non-hydrogen) atoms. The first-order chi connectivity index (χ1) is 11.5. The number of hydrogen-bond acceptors (Lipinski definition) is 5. The average molecular weight is 352 g/mol. The number of amides is 1. The summed E-state index contributed by atoms with van der Waals surface area (Å²) in [6.45, 7) is 8.33. The molecule has 1 aromatic rings. The van der Waals surface area contributed by atoms with Crippen LogP contribution < -0.4 is 10.2 Å². The number of carbonyl (C=O) groups excluding carboxylic acids is 1. The van der Waals surface area contributed by atoms with E-state index in [1.807, 2.05) is 0 Å². The molecule has 0 bridgehead atoms. The van der Waals surface area contributed by atoms with Gasteiger partial charge in [-0.1, -0.05) is 18.7 Å². The zero-order valence-electron chi connectivity index (χ0n) is 15.0. The lowest BCUT2D eigenvalue weighted by Crippen LogP contribution is -2.43. The molecule has 6 nitrogen and oxygen atoms in total. The van der Waals surface area contributed by atoms with Crippen molar-refractivity contribution in [3.8, 4) is 0 Å². The first-order valence-electron chi connectivity index (χ1n) is 9.14. The topological polar surface area (TPSA) is 63.1 Å². The van der Waals surface area contributed by atoms with Crippen LogP contribution in [0.15, 0.2) is 5.16 Å². The van der Waals surface area contributed by atoms with E-state index in [1.165, 1.54) is 43.9 Å². The molecular formula is C17H29N5OS. The Hall–Kier alpha value is -1.24. The van der Waals surface area contributed by atoms with Crippen LogP contribution in [0.2, 0.25) is 0 Å². The minimum atomic E-state index is -0.152. The number of hydrogen-bond donors (Lipinski definition) is 1. The van der Waals surface area contributed by atoms with Crippen molar-refractivity contribution in [2.75, 3.05) is 23.7 Å². The van der Waals surface area contributed by atoms with Crippen LogP contribution in [0.4, 0.5) is 5.95 Å². The summed E-state index contributed by atoms with van der Waals surface area (Å²) in [7, 11) is 0. The van der Waals surface area contributed by atoms with E-state index in [4.69, 9.17) is 0 Å². The molecule has 2 aliphatic rings. The standard InChI is InChI=1S/C17H29N5OS/c1-4-17(2,3)18-14(23)12-24-16-20-19-15(22(16)13-8-9-13)21-10-6-5-7-11-21/h13H,4-12H2,1-3H3,(H,18,23). The maximum Gasteiger partial charge on any atom is 0.230 e. The van der Waals surface area contributed by atoms with Crippen molar-refractivity contribution in [3.05, 3.63) is 0 Å². The van der Waals surface area contributed by atoms with Crippen molar-refractivity contribution >= 4 is 23.6 Å². The number of piperidine rings is 1. The van der Waals surface area contributed by atoms with Gasteiger partial charge < -0.3 is 10.2 Å². The van der Waals surface area contributed by atoms with Gasteiger partial charge in [-0.15, -0.1) is 10.2 Å².